The van der Waals surface area contributed by atoms with E-state index >= 15 is 0 Å². The molecule has 2 N–H and O–H groups in total. The van der Waals surface area contributed by atoms with Gasteiger partial charge < -0.3 is 20.1 Å². The van der Waals surface area contributed by atoms with Gasteiger partial charge in [0.2, 0.25) is 11.8 Å². The van der Waals surface area contributed by atoms with Crippen molar-refractivity contribution in [3.8, 4) is 0 Å². The first-order valence-corrected chi connectivity index (χ1v) is 9.53. The van der Waals surface area contributed by atoms with E-state index in [9.17, 15) is 14.4 Å². The molecule has 4 atom stereocenters. The second-order valence-corrected chi connectivity index (χ2v) is 7.69. The summed E-state index contributed by atoms with van der Waals surface area (Å²) in [5.74, 6) is 0.530. The zero-order valence-electron chi connectivity index (χ0n) is 15.5. The zero-order chi connectivity index (χ0) is 18.3. The zero-order valence-corrected chi connectivity index (χ0v) is 16.3. The lowest BCUT2D eigenvalue weighted by Gasteiger charge is -2.43. The summed E-state index contributed by atoms with van der Waals surface area (Å²) >= 11 is 0. The predicted molar refractivity (Wildman–Crippen MR) is 104 cm³/mol. The van der Waals surface area contributed by atoms with Crippen LogP contribution in [0.3, 0.4) is 0 Å². The van der Waals surface area contributed by atoms with E-state index in [1.807, 2.05) is 16.7 Å². The number of likely N-dealkylation sites (tertiary alicyclic amines) is 1. The minimum absolute atomic E-state index is 0. The van der Waals surface area contributed by atoms with Crippen LogP contribution in [0.5, 0.6) is 0 Å². The normalized spacial score (nSPS) is 28.9. The number of halogens is 1. The van der Waals surface area contributed by atoms with E-state index in [0.717, 1.165) is 31.6 Å². The Bertz CT molecular complexity index is 780. The van der Waals surface area contributed by atoms with Gasteiger partial charge in [0.25, 0.3) is 5.56 Å². The number of fused-ring (bicyclic) bond motifs is 4. The van der Waals surface area contributed by atoms with E-state index in [0.29, 0.717) is 31.3 Å². The molecule has 4 heterocycles. The fraction of sp³-hybridized carbons (Fsp3) is 0.632. The van der Waals surface area contributed by atoms with Crippen LogP contribution in [0.4, 0.5) is 0 Å². The van der Waals surface area contributed by atoms with Crippen molar-refractivity contribution >= 4 is 24.2 Å². The van der Waals surface area contributed by atoms with Gasteiger partial charge in [-0.1, -0.05) is 6.07 Å². The standard InChI is InChI=1S/C19H26N4O3.ClH/c1-12(24)22-7-3-5-16(22)19(26)21-11-17-14-8-13(9-20-10-14)15-4-2-6-18(25)23(15)17;/h2,4,6,13-14,16-17,20H,3,5,7-11H2,1H3,(H,21,26);1H/t13-,14+,16+,17+;/m1./s1. The molecule has 1 aromatic rings. The Hall–Kier alpha value is -1.86. The molecule has 2 amide bonds. The number of hydrogen-bond acceptors (Lipinski definition) is 4. The highest BCUT2D eigenvalue weighted by Crippen LogP contribution is 2.38. The largest absolute Gasteiger partial charge is 0.352 e. The lowest BCUT2D eigenvalue weighted by atomic mass is 9.79. The third-order valence-electron chi connectivity index (χ3n) is 6.15. The maximum absolute atomic E-state index is 12.7. The molecule has 4 rings (SSSR count). The van der Waals surface area contributed by atoms with Crippen LogP contribution in [0.15, 0.2) is 23.0 Å². The molecule has 2 bridgehead atoms. The van der Waals surface area contributed by atoms with Gasteiger partial charge in [-0.2, -0.15) is 0 Å². The Labute approximate surface area is 164 Å². The maximum atomic E-state index is 12.7. The number of aromatic nitrogens is 1. The number of carbonyl (C=O) groups is 2. The van der Waals surface area contributed by atoms with Crippen molar-refractivity contribution in [3.05, 3.63) is 34.2 Å². The summed E-state index contributed by atoms with van der Waals surface area (Å²) in [5.41, 5.74) is 1.07. The van der Waals surface area contributed by atoms with Gasteiger partial charge in [-0.3, -0.25) is 14.4 Å². The average molecular weight is 395 g/mol. The molecule has 148 valence electrons. The van der Waals surface area contributed by atoms with Crippen LogP contribution >= 0.6 is 12.4 Å². The van der Waals surface area contributed by atoms with Crippen LogP contribution in [0.1, 0.15) is 43.8 Å². The van der Waals surface area contributed by atoms with Gasteiger partial charge in [0.1, 0.15) is 6.04 Å². The van der Waals surface area contributed by atoms with Crippen molar-refractivity contribution in [1.29, 1.82) is 0 Å². The van der Waals surface area contributed by atoms with Crippen molar-refractivity contribution in [3.63, 3.8) is 0 Å². The SMILES string of the molecule is CC(=O)N1CCC[C@H]1C(=O)NC[C@H]1[C@@H]2CNC[C@@H](C2)c2cccc(=O)n21.Cl. The van der Waals surface area contributed by atoms with Crippen molar-refractivity contribution in [2.75, 3.05) is 26.2 Å². The molecular weight excluding hydrogens is 368 g/mol. The topological polar surface area (TPSA) is 83.4 Å². The molecule has 0 unspecified atom stereocenters. The number of amides is 2. The Morgan fingerprint density at radius 3 is 2.89 bits per heavy atom. The molecule has 27 heavy (non-hydrogen) atoms. The molecule has 1 aromatic heterocycles. The fourth-order valence-electron chi connectivity index (χ4n) is 4.91. The monoisotopic (exact) mass is 394 g/mol. The molecule has 0 spiro atoms. The second-order valence-electron chi connectivity index (χ2n) is 7.69. The third kappa shape index (κ3) is 3.62. The highest BCUT2D eigenvalue weighted by Gasteiger charge is 2.39. The molecule has 2 saturated heterocycles. The molecular formula is C19H27ClN4O3. The van der Waals surface area contributed by atoms with Gasteiger partial charge in [-0.05, 0) is 31.2 Å². The number of piperidine rings is 1. The van der Waals surface area contributed by atoms with Gasteiger partial charge in [0.15, 0.2) is 0 Å². The van der Waals surface area contributed by atoms with E-state index in [2.05, 4.69) is 10.6 Å². The van der Waals surface area contributed by atoms with Gasteiger partial charge >= 0.3 is 0 Å². The average Bonchev–Trinajstić information content (AvgIpc) is 3.12. The maximum Gasteiger partial charge on any atom is 0.251 e. The number of nitrogens with zero attached hydrogens (tertiary/aromatic N) is 2. The third-order valence-corrected chi connectivity index (χ3v) is 6.15. The Kier molecular flexibility index (Phi) is 5.91. The van der Waals surface area contributed by atoms with Gasteiger partial charge in [-0.15, -0.1) is 12.4 Å². The summed E-state index contributed by atoms with van der Waals surface area (Å²) in [6, 6.07) is 5.03. The lowest BCUT2D eigenvalue weighted by Crippen LogP contribution is -2.52. The first-order chi connectivity index (χ1) is 12.6. The molecule has 2 fully saturated rings. The number of nitrogens with one attached hydrogen (secondary N) is 2. The molecule has 3 aliphatic rings. The van der Waals surface area contributed by atoms with Crippen molar-refractivity contribution < 1.29 is 9.59 Å². The van der Waals surface area contributed by atoms with E-state index in [1.54, 1.807) is 11.0 Å². The summed E-state index contributed by atoms with van der Waals surface area (Å²) in [4.78, 5) is 38.5. The molecule has 7 nitrogen and oxygen atoms in total. The first kappa shape index (κ1) is 19.9. The van der Waals surface area contributed by atoms with Crippen LogP contribution in [0, 0.1) is 5.92 Å². The summed E-state index contributed by atoms with van der Waals surface area (Å²) < 4.78 is 1.89. The molecule has 8 heteroatoms. The lowest BCUT2D eigenvalue weighted by molar-refractivity contribution is -0.137. The van der Waals surface area contributed by atoms with Crippen molar-refractivity contribution in [2.45, 2.75) is 44.2 Å². The van der Waals surface area contributed by atoms with Gasteiger partial charge in [-0.25, -0.2) is 0 Å². The number of hydrogen-bond donors (Lipinski definition) is 2. The molecule has 0 aromatic carbocycles. The molecule has 3 aliphatic heterocycles. The smallest absolute Gasteiger partial charge is 0.251 e. The van der Waals surface area contributed by atoms with E-state index in [-0.39, 0.29) is 41.9 Å². The van der Waals surface area contributed by atoms with Crippen LogP contribution in [-0.2, 0) is 9.59 Å². The minimum atomic E-state index is -0.375. The van der Waals surface area contributed by atoms with E-state index < -0.39 is 0 Å². The summed E-state index contributed by atoms with van der Waals surface area (Å²) in [5, 5.41) is 6.49. The van der Waals surface area contributed by atoms with Crippen LogP contribution in [0.2, 0.25) is 0 Å². The van der Waals surface area contributed by atoms with Crippen LogP contribution in [0.25, 0.3) is 0 Å². The first-order valence-electron chi connectivity index (χ1n) is 9.53. The highest BCUT2D eigenvalue weighted by molar-refractivity contribution is 5.87. The van der Waals surface area contributed by atoms with Crippen LogP contribution in [-0.4, -0.2) is 53.5 Å². The highest BCUT2D eigenvalue weighted by atomic mass is 35.5. The number of pyridine rings is 1. The van der Waals surface area contributed by atoms with Gasteiger partial charge in [0.05, 0.1) is 6.04 Å². The Balaban J connectivity index is 0.00000210. The summed E-state index contributed by atoms with van der Waals surface area (Å²) in [6.07, 6.45) is 2.61. The number of carbonyl (C=O) groups excluding carboxylic acids is 2. The predicted octanol–water partition coefficient (Wildman–Crippen LogP) is 0.645. The number of rotatable bonds is 3. The van der Waals surface area contributed by atoms with E-state index in [4.69, 9.17) is 0 Å². The van der Waals surface area contributed by atoms with Crippen molar-refractivity contribution in [2.24, 2.45) is 5.92 Å². The Morgan fingerprint density at radius 2 is 2.11 bits per heavy atom. The summed E-state index contributed by atoms with van der Waals surface area (Å²) in [7, 11) is 0. The molecule has 0 aliphatic carbocycles. The minimum Gasteiger partial charge on any atom is -0.352 e. The fourth-order valence-corrected chi connectivity index (χ4v) is 4.91. The quantitative estimate of drug-likeness (QED) is 0.788. The summed E-state index contributed by atoms with van der Waals surface area (Å²) in [6.45, 7) is 4.34. The van der Waals surface area contributed by atoms with Crippen molar-refractivity contribution in [1.82, 2.24) is 20.1 Å². The molecule has 0 saturated carbocycles. The second kappa shape index (κ2) is 8.02. The molecule has 0 radical (unpaired) electrons. The van der Waals surface area contributed by atoms with E-state index in [1.165, 1.54) is 6.92 Å². The Morgan fingerprint density at radius 1 is 1.30 bits per heavy atom. The van der Waals surface area contributed by atoms with Gasteiger partial charge in [0, 0.05) is 50.8 Å². The van der Waals surface area contributed by atoms with Crippen LogP contribution < -0.4 is 16.2 Å².